The molecule has 0 radical (unpaired) electrons. The minimum Gasteiger partial charge on any atom is -0.480 e. The van der Waals surface area contributed by atoms with Crippen molar-refractivity contribution in [2.45, 2.75) is 37.7 Å². The maximum atomic E-state index is 14.6. The van der Waals surface area contributed by atoms with Crippen LogP contribution in [0.25, 0.3) is 0 Å². The second-order valence-electron chi connectivity index (χ2n) is 9.22. The highest BCUT2D eigenvalue weighted by Gasteiger charge is 2.79. The number of benzene rings is 1. The molecule has 0 aliphatic heterocycles. The zero-order valence-electron chi connectivity index (χ0n) is 16.6. The average molecular weight is 437 g/mol. The van der Waals surface area contributed by atoms with Gasteiger partial charge in [0.15, 0.2) is 11.6 Å². The Morgan fingerprint density at radius 2 is 2.10 bits per heavy atom. The van der Waals surface area contributed by atoms with Crippen LogP contribution in [0.4, 0.5) is 4.39 Å². The molecule has 0 amide bonds. The van der Waals surface area contributed by atoms with Crippen molar-refractivity contribution in [3.05, 3.63) is 42.2 Å². The van der Waals surface area contributed by atoms with E-state index in [-0.39, 0.29) is 11.3 Å². The minimum atomic E-state index is -4.23. The van der Waals surface area contributed by atoms with Crippen LogP contribution in [0.5, 0.6) is 5.75 Å². The fraction of sp³-hybridized carbons (Fsp3) is 0.591. The molecule has 162 valence electrons. The lowest BCUT2D eigenvalue weighted by molar-refractivity contribution is -0.162. The van der Waals surface area contributed by atoms with Crippen LogP contribution < -0.4 is 4.74 Å². The molecule has 6 unspecified atom stereocenters. The van der Waals surface area contributed by atoms with Gasteiger partial charge in [-0.05, 0) is 67.2 Å². The number of rotatable bonds is 7. The van der Waals surface area contributed by atoms with Gasteiger partial charge in [-0.2, -0.15) is 8.42 Å². The first-order valence-electron chi connectivity index (χ1n) is 10.4. The Labute approximate surface area is 175 Å². The Kier molecular flexibility index (Phi) is 4.35. The van der Waals surface area contributed by atoms with Gasteiger partial charge in [0.1, 0.15) is 18.0 Å². The summed E-state index contributed by atoms with van der Waals surface area (Å²) in [5.74, 6) is -0.205. The highest BCUT2D eigenvalue weighted by Crippen LogP contribution is 2.81. The summed E-state index contributed by atoms with van der Waals surface area (Å²) in [5.41, 5.74) is -0.0778. The van der Waals surface area contributed by atoms with Crippen molar-refractivity contribution >= 4 is 16.1 Å². The molecule has 4 saturated carbocycles. The van der Waals surface area contributed by atoms with Crippen LogP contribution in [0, 0.1) is 34.9 Å². The summed E-state index contributed by atoms with van der Waals surface area (Å²) >= 11 is 0. The second-order valence-corrected chi connectivity index (χ2v) is 10.8. The number of carbonyl (C=O) groups excluding carboxylic acids is 1. The molecule has 30 heavy (non-hydrogen) atoms. The average Bonchev–Trinajstić information content (AvgIpc) is 3.29. The first-order valence-corrected chi connectivity index (χ1v) is 12.1. The molecule has 0 heterocycles. The van der Waals surface area contributed by atoms with Gasteiger partial charge in [0.05, 0.1) is 5.56 Å². The third kappa shape index (κ3) is 2.69. The molecule has 0 saturated heterocycles. The van der Waals surface area contributed by atoms with Crippen LogP contribution in [0.1, 0.15) is 42.5 Å². The van der Waals surface area contributed by atoms with Gasteiger partial charge in [-0.25, -0.2) is 9.18 Å². The Bertz CT molecular complexity index is 1020. The van der Waals surface area contributed by atoms with Gasteiger partial charge in [-0.3, -0.25) is 4.55 Å². The predicted octanol–water partition coefficient (Wildman–Crippen LogP) is 3.63. The van der Waals surface area contributed by atoms with E-state index in [1.807, 2.05) is 6.08 Å². The molecular weight excluding hydrogens is 411 g/mol. The van der Waals surface area contributed by atoms with Crippen molar-refractivity contribution in [2.75, 3.05) is 12.4 Å². The molecule has 6 nitrogen and oxygen atoms in total. The zero-order chi connectivity index (χ0) is 21.3. The molecule has 6 atom stereocenters. The van der Waals surface area contributed by atoms with Crippen LogP contribution in [0.2, 0.25) is 0 Å². The van der Waals surface area contributed by atoms with Gasteiger partial charge in [-0.1, -0.05) is 13.0 Å². The standard InChI is InChI=1S/C22H25FO6S/c1-2-22(16-11-15-17(22)12-21(15)7-3-4-14(16)21)29-19-10-13(5-6-18(19)23)20(24)28-8-9-30(25,26)27/h2,5-6,10,14-17H,1,3-4,7-9,11-12H2,(H,25,26,27). The van der Waals surface area contributed by atoms with Gasteiger partial charge in [0.2, 0.25) is 0 Å². The second kappa shape index (κ2) is 6.53. The van der Waals surface area contributed by atoms with E-state index in [0.717, 1.165) is 18.9 Å². The lowest BCUT2D eigenvalue weighted by Crippen LogP contribution is -2.63. The summed E-state index contributed by atoms with van der Waals surface area (Å²) in [6.07, 6.45) is 7.78. The summed E-state index contributed by atoms with van der Waals surface area (Å²) in [6, 6.07) is 3.73. The molecule has 4 aliphatic carbocycles. The van der Waals surface area contributed by atoms with E-state index in [9.17, 15) is 17.6 Å². The monoisotopic (exact) mass is 436 g/mol. The Morgan fingerprint density at radius 3 is 2.83 bits per heavy atom. The molecule has 1 aromatic carbocycles. The van der Waals surface area contributed by atoms with Gasteiger partial charge < -0.3 is 9.47 Å². The fourth-order valence-corrected chi connectivity index (χ4v) is 7.48. The van der Waals surface area contributed by atoms with E-state index in [4.69, 9.17) is 14.0 Å². The molecule has 8 heteroatoms. The number of esters is 1. The molecule has 4 aliphatic rings. The van der Waals surface area contributed by atoms with Crippen molar-refractivity contribution in [3.8, 4) is 5.75 Å². The van der Waals surface area contributed by atoms with E-state index in [0.29, 0.717) is 29.1 Å². The van der Waals surface area contributed by atoms with Crippen LogP contribution in [0.15, 0.2) is 30.9 Å². The normalized spacial score (nSPS) is 38.1. The van der Waals surface area contributed by atoms with Crippen molar-refractivity contribution in [2.24, 2.45) is 29.1 Å². The van der Waals surface area contributed by atoms with E-state index in [1.54, 1.807) is 0 Å². The van der Waals surface area contributed by atoms with Crippen LogP contribution in [-0.4, -0.2) is 36.9 Å². The van der Waals surface area contributed by atoms with Gasteiger partial charge >= 0.3 is 5.97 Å². The third-order valence-corrected chi connectivity index (χ3v) is 8.90. The summed E-state index contributed by atoms with van der Waals surface area (Å²) in [5, 5.41) is 0. The number of halogens is 1. The molecule has 4 fully saturated rings. The number of ether oxygens (including phenoxy) is 2. The number of hydrogen-bond acceptors (Lipinski definition) is 5. The fourth-order valence-electron chi connectivity index (χ4n) is 7.19. The minimum absolute atomic E-state index is 0.0119. The van der Waals surface area contributed by atoms with Crippen molar-refractivity contribution in [1.82, 2.24) is 0 Å². The van der Waals surface area contributed by atoms with E-state index in [2.05, 4.69) is 6.58 Å². The summed E-state index contributed by atoms with van der Waals surface area (Å²) in [4.78, 5) is 12.2. The Morgan fingerprint density at radius 1 is 1.30 bits per heavy atom. The van der Waals surface area contributed by atoms with Crippen LogP contribution in [-0.2, 0) is 14.9 Å². The molecule has 1 N–H and O–H groups in total. The van der Waals surface area contributed by atoms with Gasteiger partial charge in [-0.15, -0.1) is 0 Å². The van der Waals surface area contributed by atoms with E-state index in [1.165, 1.54) is 31.4 Å². The van der Waals surface area contributed by atoms with Crippen molar-refractivity contribution in [3.63, 3.8) is 0 Å². The summed E-state index contributed by atoms with van der Waals surface area (Å²) in [6.45, 7) is 3.56. The zero-order valence-corrected chi connectivity index (χ0v) is 17.4. The van der Waals surface area contributed by atoms with Crippen molar-refractivity contribution < 1.29 is 31.6 Å². The molecule has 0 aromatic heterocycles. The molecular formula is C22H25FO6S. The molecule has 2 bridgehead atoms. The van der Waals surface area contributed by atoms with E-state index >= 15 is 0 Å². The topological polar surface area (TPSA) is 89.9 Å². The quantitative estimate of drug-likeness (QED) is 0.399. The van der Waals surface area contributed by atoms with Gasteiger partial charge in [0, 0.05) is 11.8 Å². The highest BCUT2D eigenvalue weighted by atomic mass is 32.2. The first kappa shape index (κ1) is 20.0. The summed E-state index contributed by atoms with van der Waals surface area (Å²) < 4.78 is 56.1. The first-order chi connectivity index (χ1) is 14.2. The summed E-state index contributed by atoms with van der Waals surface area (Å²) in [7, 11) is -4.23. The smallest absolute Gasteiger partial charge is 0.338 e. The molecule has 5 rings (SSSR count). The number of hydrogen-bond donors (Lipinski definition) is 1. The predicted molar refractivity (Wildman–Crippen MR) is 106 cm³/mol. The maximum Gasteiger partial charge on any atom is 0.338 e. The third-order valence-electron chi connectivity index (χ3n) is 8.22. The lowest BCUT2D eigenvalue weighted by atomic mass is 9.45. The maximum absolute atomic E-state index is 14.6. The van der Waals surface area contributed by atoms with Crippen LogP contribution >= 0.6 is 0 Å². The number of fused-ring (bicyclic) bond motifs is 2. The number of carbonyl (C=O) groups is 1. The SMILES string of the molecule is C=CC1(Oc2cc(C(=O)OCCS(=O)(=O)O)ccc2F)C2CC3C1CC31CCCC21. The van der Waals surface area contributed by atoms with Crippen molar-refractivity contribution in [1.29, 1.82) is 0 Å². The highest BCUT2D eigenvalue weighted by molar-refractivity contribution is 7.85. The molecule has 1 aromatic rings. The van der Waals surface area contributed by atoms with Gasteiger partial charge in [0.25, 0.3) is 10.1 Å². The lowest BCUT2D eigenvalue weighted by Gasteiger charge is -2.62. The Hall–Kier alpha value is -1.93. The molecule has 1 spiro atoms. The van der Waals surface area contributed by atoms with E-state index < -0.39 is 39.9 Å². The van der Waals surface area contributed by atoms with Crippen LogP contribution in [0.3, 0.4) is 0 Å². The Balaban J connectivity index is 1.37. The largest absolute Gasteiger partial charge is 0.480 e.